The number of ether oxygens (including phenoxy) is 2. The molecule has 1 heterocycles. The topological polar surface area (TPSA) is 30.5 Å². The number of nitrogens with one attached hydrogen (secondary N) is 1. The molecule has 1 saturated heterocycles. The Morgan fingerprint density at radius 3 is 2.65 bits per heavy atom. The van der Waals surface area contributed by atoms with Gasteiger partial charge in [-0.2, -0.15) is 0 Å². The minimum atomic E-state index is -0.0584. The lowest BCUT2D eigenvalue weighted by molar-refractivity contribution is -0.126. The van der Waals surface area contributed by atoms with E-state index < -0.39 is 0 Å². The summed E-state index contributed by atoms with van der Waals surface area (Å²) in [5.74, 6) is 6.09. The van der Waals surface area contributed by atoms with Crippen molar-refractivity contribution in [1.29, 1.82) is 0 Å². The van der Waals surface area contributed by atoms with Gasteiger partial charge in [0.25, 0.3) is 0 Å². The van der Waals surface area contributed by atoms with Crippen LogP contribution in [0.5, 0.6) is 0 Å². The highest BCUT2D eigenvalue weighted by molar-refractivity contribution is 5.00. The molecule has 98 valence electrons. The van der Waals surface area contributed by atoms with Crippen molar-refractivity contribution in [2.24, 2.45) is 0 Å². The van der Waals surface area contributed by atoms with Gasteiger partial charge in [-0.1, -0.05) is 0 Å². The van der Waals surface area contributed by atoms with Gasteiger partial charge in [-0.15, -0.1) is 11.8 Å². The fraction of sp³-hybridized carbons (Fsp3) is 0.857. The van der Waals surface area contributed by atoms with Gasteiger partial charge in [-0.3, -0.25) is 0 Å². The maximum Gasteiger partial charge on any atom is 0.0878 e. The molecule has 0 aromatic rings. The summed E-state index contributed by atoms with van der Waals surface area (Å²) in [5, 5.41) is 3.41. The lowest BCUT2D eigenvalue weighted by Crippen LogP contribution is -2.54. The predicted octanol–water partition coefficient (Wildman–Crippen LogP) is 1.96. The normalized spacial score (nSPS) is 20.4. The first-order valence-electron chi connectivity index (χ1n) is 6.57. The van der Waals surface area contributed by atoms with Crippen molar-refractivity contribution in [3.63, 3.8) is 0 Å². The summed E-state index contributed by atoms with van der Waals surface area (Å²) in [4.78, 5) is 0. The first-order chi connectivity index (χ1) is 8.29. The molecular formula is C14H25NO2. The van der Waals surface area contributed by atoms with Crippen LogP contribution in [0.4, 0.5) is 0 Å². The van der Waals surface area contributed by atoms with E-state index in [1.807, 2.05) is 14.0 Å². The van der Waals surface area contributed by atoms with Gasteiger partial charge in [0, 0.05) is 45.1 Å². The summed E-state index contributed by atoms with van der Waals surface area (Å²) in [5.41, 5.74) is -0.0584. The second-order valence-corrected chi connectivity index (χ2v) is 4.42. The van der Waals surface area contributed by atoms with E-state index in [0.717, 1.165) is 45.5 Å². The Morgan fingerprint density at radius 1 is 1.41 bits per heavy atom. The third kappa shape index (κ3) is 3.99. The standard InChI is InChI=1S/C14H25NO2/c1-4-6-7-8-13(15-3)14(17-5-2)9-11-16-12-10-14/h13,15H,5,7-12H2,1-3H3. The second-order valence-electron chi connectivity index (χ2n) is 4.42. The van der Waals surface area contributed by atoms with Gasteiger partial charge in [0.1, 0.15) is 0 Å². The molecule has 1 aliphatic heterocycles. The highest BCUT2D eigenvalue weighted by Crippen LogP contribution is 2.31. The SMILES string of the molecule is CC#CCCC(NC)C1(OCC)CCOCC1. The Kier molecular flexibility index (Phi) is 6.57. The zero-order valence-electron chi connectivity index (χ0n) is 11.3. The van der Waals surface area contributed by atoms with Crippen molar-refractivity contribution in [1.82, 2.24) is 5.32 Å². The van der Waals surface area contributed by atoms with Gasteiger partial charge >= 0.3 is 0 Å². The van der Waals surface area contributed by atoms with Gasteiger partial charge < -0.3 is 14.8 Å². The summed E-state index contributed by atoms with van der Waals surface area (Å²) in [6.07, 6.45) is 3.92. The van der Waals surface area contributed by atoms with Crippen LogP contribution in [0.2, 0.25) is 0 Å². The molecular weight excluding hydrogens is 214 g/mol. The molecule has 1 N–H and O–H groups in total. The van der Waals surface area contributed by atoms with Crippen molar-refractivity contribution in [2.75, 3.05) is 26.9 Å². The second kappa shape index (κ2) is 7.71. The van der Waals surface area contributed by atoms with Crippen LogP contribution < -0.4 is 5.32 Å². The van der Waals surface area contributed by atoms with Crippen LogP contribution >= 0.6 is 0 Å². The van der Waals surface area contributed by atoms with Crippen LogP contribution in [-0.2, 0) is 9.47 Å². The van der Waals surface area contributed by atoms with E-state index in [0.29, 0.717) is 6.04 Å². The molecule has 1 rings (SSSR count). The molecule has 1 aliphatic rings. The summed E-state index contributed by atoms with van der Waals surface area (Å²) < 4.78 is 11.5. The maximum absolute atomic E-state index is 6.06. The average molecular weight is 239 g/mol. The van der Waals surface area contributed by atoms with Crippen molar-refractivity contribution >= 4 is 0 Å². The molecule has 0 amide bonds. The molecule has 0 spiro atoms. The summed E-state index contributed by atoms with van der Waals surface area (Å²) >= 11 is 0. The monoisotopic (exact) mass is 239 g/mol. The lowest BCUT2D eigenvalue weighted by atomic mass is 9.83. The molecule has 0 aliphatic carbocycles. The lowest BCUT2D eigenvalue weighted by Gasteiger charge is -2.43. The molecule has 0 aromatic carbocycles. The van der Waals surface area contributed by atoms with E-state index >= 15 is 0 Å². The predicted molar refractivity (Wildman–Crippen MR) is 69.9 cm³/mol. The summed E-state index contributed by atoms with van der Waals surface area (Å²) in [6.45, 7) is 6.32. The minimum Gasteiger partial charge on any atom is -0.381 e. The molecule has 17 heavy (non-hydrogen) atoms. The third-order valence-electron chi connectivity index (χ3n) is 3.49. The van der Waals surface area contributed by atoms with Crippen LogP contribution in [-0.4, -0.2) is 38.5 Å². The summed E-state index contributed by atoms with van der Waals surface area (Å²) in [6, 6.07) is 0.368. The van der Waals surface area contributed by atoms with Crippen LogP contribution in [0.3, 0.4) is 0 Å². The van der Waals surface area contributed by atoms with E-state index in [1.165, 1.54) is 0 Å². The van der Waals surface area contributed by atoms with Crippen LogP contribution in [0.25, 0.3) is 0 Å². The quantitative estimate of drug-likeness (QED) is 0.719. The van der Waals surface area contributed by atoms with Crippen molar-refractivity contribution in [3.05, 3.63) is 0 Å². The smallest absolute Gasteiger partial charge is 0.0878 e. The van der Waals surface area contributed by atoms with Crippen LogP contribution in [0.1, 0.15) is 39.5 Å². The highest BCUT2D eigenvalue weighted by Gasteiger charge is 2.39. The number of likely N-dealkylation sites (N-methyl/N-ethyl adjacent to an activating group) is 1. The molecule has 3 nitrogen and oxygen atoms in total. The van der Waals surface area contributed by atoms with E-state index in [1.54, 1.807) is 0 Å². The minimum absolute atomic E-state index is 0.0584. The average Bonchev–Trinajstić information content (AvgIpc) is 2.36. The molecule has 1 atom stereocenters. The number of rotatable bonds is 6. The largest absolute Gasteiger partial charge is 0.381 e. The highest BCUT2D eigenvalue weighted by atomic mass is 16.5. The van der Waals surface area contributed by atoms with E-state index in [-0.39, 0.29) is 5.60 Å². The molecule has 1 unspecified atom stereocenters. The first kappa shape index (κ1) is 14.5. The van der Waals surface area contributed by atoms with Crippen LogP contribution in [0, 0.1) is 11.8 Å². The molecule has 0 radical (unpaired) electrons. The Balaban J connectivity index is 2.65. The zero-order chi connectivity index (χ0) is 12.6. The Labute approximate surface area is 105 Å². The molecule has 0 bridgehead atoms. The molecule has 0 aromatic heterocycles. The number of hydrogen-bond donors (Lipinski definition) is 1. The van der Waals surface area contributed by atoms with E-state index in [9.17, 15) is 0 Å². The van der Waals surface area contributed by atoms with E-state index in [4.69, 9.17) is 9.47 Å². The van der Waals surface area contributed by atoms with Gasteiger partial charge in [0.2, 0.25) is 0 Å². The van der Waals surface area contributed by atoms with Crippen molar-refractivity contribution in [2.45, 2.75) is 51.2 Å². The Morgan fingerprint density at radius 2 is 2.12 bits per heavy atom. The van der Waals surface area contributed by atoms with E-state index in [2.05, 4.69) is 24.1 Å². The van der Waals surface area contributed by atoms with Gasteiger partial charge in [-0.25, -0.2) is 0 Å². The Hall–Kier alpha value is -0.560. The fourth-order valence-corrected chi connectivity index (χ4v) is 2.61. The fourth-order valence-electron chi connectivity index (χ4n) is 2.61. The Bertz CT molecular complexity index is 256. The maximum atomic E-state index is 6.06. The first-order valence-corrected chi connectivity index (χ1v) is 6.57. The van der Waals surface area contributed by atoms with Crippen LogP contribution in [0.15, 0.2) is 0 Å². The van der Waals surface area contributed by atoms with Crippen molar-refractivity contribution in [3.8, 4) is 11.8 Å². The molecule has 1 fully saturated rings. The number of hydrogen-bond acceptors (Lipinski definition) is 3. The molecule has 0 saturated carbocycles. The van der Waals surface area contributed by atoms with Gasteiger partial charge in [-0.05, 0) is 27.3 Å². The van der Waals surface area contributed by atoms with Gasteiger partial charge in [0.05, 0.1) is 5.60 Å². The zero-order valence-corrected chi connectivity index (χ0v) is 11.3. The molecule has 3 heteroatoms. The summed E-state index contributed by atoms with van der Waals surface area (Å²) in [7, 11) is 2.01. The third-order valence-corrected chi connectivity index (χ3v) is 3.49. The van der Waals surface area contributed by atoms with Gasteiger partial charge in [0.15, 0.2) is 0 Å². The van der Waals surface area contributed by atoms with Crippen molar-refractivity contribution < 1.29 is 9.47 Å².